The van der Waals surface area contributed by atoms with Crippen LogP contribution in [0.5, 0.6) is 0 Å². The van der Waals surface area contributed by atoms with Gasteiger partial charge in [-0.2, -0.15) is 0 Å². The second-order valence-corrected chi connectivity index (χ2v) is 1.97. The molecule has 0 aliphatic rings. The second-order valence-electron chi connectivity index (χ2n) is 1.97. The fraction of sp³-hybridized carbons (Fsp3) is 0. The van der Waals surface area contributed by atoms with Crippen LogP contribution in [0.25, 0.3) is 11.0 Å². The Morgan fingerprint density at radius 3 is 3.00 bits per heavy atom. The summed E-state index contributed by atoms with van der Waals surface area (Å²) in [5.74, 6) is 0. The predicted octanol–water partition coefficient (Wildman–Crippen LogP) is 0.805. The first kappa shape index (κ1) is 5.22. The van der Waals surface area contributed by atoms with E-state index in [0.717, 1.165) is 5.39 Å². The highest BCUT2D eigenvalue weighted by molar-refractivity contribution is 5.86. The van der Waals surface area contributed by atoms with Gasteiger partial charge < -0.3 is 10.3 Å². The summed E-state index contributed by atoms with van der Waals surface area (Å²) in [7, 11) is 0. The van der Waals surface area contributed by atoms with E-state index in [-0.39, 0.29) is 0 Å². The molecule has 50 valence electrons. The first-order chi connectivity index (χ1) is 4.88. The average molecular weight is 135 g/mol. The SMILES string of the molecule is Nc1cncc2oncc12. The van der Waals surface area contributed by atoms with Gasteiger partial charge in [-0.3, -0.25) is 4.98 Å². The van der Waals surface area contributed by atoms with Crippen molar-refractivity contribution in [3.05, 3.63) is 18.6 Å². The first-order valence-electron chi connectivity index (χ1n) is 2.82. The smallest absolute Gasteiger partial charge is 0.187 e. The van der Waals surface area contributed by atoms with Crippen LogP contribution in [0.4, 0.5) is 5.69 Å². The van der Waals surface area contributed by atoms with E-state index in [0.29, 0.717) is 11.3 Å². The number of nitrogen functional groups attached to an aromatic ring is 1. The lowest BCUT2D eigenvalue weighted by Crippen LogP contribution is -1.85. The fourth-order valence-corrected chi connectivity index (χ4v) is 0.813. The Balaban J connectivity index is 2.95. The predicted molar refractivity (Wildman–Crippen MR) is 36.2 cm³/mol. The Bertz CT molecular complexity index is 355. The van der Waals surface area contributed by atoms with E-state index >= 15 is 0 Å². The van der Waals surface area contributed by atoms with Crippen molar-refractivity contribution >= 4 is 16.7 Å². The molecule has 2 rings (SSSR count). The molecular weight excluding hydrogens is 130 g/mol. The van der Waals surface area contributed by atoms with Crippen LogP contribution < -0.4 is 5.73 Å². The zero-order chi connectivity index (χ0) is 6.97. The van der Waals surface area contributed by atoms with E-state index in [9.17, 15) is 0 Å². The van der Waals surface area contributed by atoms with Crippen molar-refractivity contribution in [2.75, 3.05) is 5.73 Å². The first-order valence-corrected chi connectivity index (χ1v) is 2.82. The van der Waals surface area contributed by atoms with Gasteiger partial charge in [0.2, 0.25) is 0 Å². The average Bonchev–Trinajstić information content (AvgIpc) is 2.36. The molecule has 0 bridgehead atoms. The number of hydrogen-bond acceptors (Lipinski definition) is 4. The van der Waals surface area contributed by atoms with Crippen LogP contribution in [0.15, 0.2) is 23.1 Å². The lowest BCUT2D eigenvalue weighted by Gasteiger charge is -1.88. The third kappa shape index (κ3) is 0.556. The van der Waals surface area contributed by atoms with Crippen LogP contribution in [0.3, 0.4) is 0 Å². The highest BCUT2D eigenvalue weighted by atomic mass is 16.5. The van der Waals surface area contributed by atoms with Crippen LogP contribution in [-0.2, 0) is 0 Å². The molecule has 2 aromatic heterocycles. The van der Waals surface area contributed by atoms with Crippen LogP contribution in [0.2, 0.25) is 0 Å². The van der Waals surface area contributed by atoms with E-state index in [2.05, 4.69) is 10.1 Å². The van der Waals surface area contributed by atoms with Crippen molar-refractivity contribution in [3.8, 4) is 0 Å². The molecule has 0 saturated carbocycles. The van der Waals surface area contributed by atoms with Gasteiger partial charge in [-0.25, -0.2) is 0 Å². The summed E-state index contributed by atoms with van der Waals surface area (Å²) in [4.78, 5) is 3.83. The van der Waals surface area contributed by atoms with Gasteiger partial charge in [0.25, 0.3) is 0 Å². The maximum Gasteiger partial charge on any atom is 0.187 e. The van der Waals surface area contributed by atoms with Gasteiger partial charge in [0.15, 0.2) is 5.58 Å². The van der Waals surface area contributed by atoms with Crippen molar-refractivity contribution in [1.82, 2.24) is 10.1 Å². The van der Waals surface area contributed by atoms with Crippen LogP contribution >= 0.6 is 0 Å². The Labute approximate surface area is 56.6 Å². The molecule has 0 aliphatic carbocycles. The molecule has 2 N–H and O–H groups in total. The van der Waals surface area contributed by atoms with Gasteiger partial charge >= 0.3 is 0 Å². The van der Waals surface area contributed by atoms with Crippen molar-refractivity contribution < 1.29 is 4.52 Å². The summed E-state index contributed by atoms with van der Waals surface area (Å²) in [6.07, 6.45) is 4.73. The third-order valence-electron chi connectivity index (χ3n) is 1.31. The zero-order valence-electron chi connectivity index (χ0n) is 5.11. The second kappa shape index (κ2) is 1.70. The van der Waals surface area contributed by atoms with Crippen molar-refractivity contribution in [2.45, 2.75) is 0 Å². The Morgan fingerprint density at radius 2 is 2.20 bits per heavy atom. The summed E-state index contributed by atoms with van der Waals surface area (Å²) < 4.78 is 4.81. The Hall–Kier alpha value is -1.58. The van der Waals surface area contributed by atoms with E-state index < -0.39 is 0 Å². The maximum atomic E-state index is 5.54. The van der Waals surface area contributed by atoms with Gasteiger partial charge in [-0.1, -0.05) is 5.16 Å². The largest absolute Gasteiger partial charge is 0.397 e. The van der Waals surface area contributed by atoms with Crippen LogP contribution in [-0.4, -0.2) is 10.1 Å². The summed E-state index contributed by atoms with van der Waals surface area (Å²) in [6.45, 7) is 0. The van der Waals surface area contributed by atoms with E-state index in [1.54, 1.807) is 18.6 Å². The normalized spacial score (nSPS) is 10.4. The molecule has 0 radical (unpaired) electrons. The lowest BCUT2D eigenvalue weighted by molar-refractivity contribution is 0.455. The molecule has 0 atom stereocenters. The highest BCUT2D eigenvalue weighted by Gasteiger charge is 1.99. The summed E-state index contributed by atoms with van der Waals surface area (Å²) in [5, 5.41) is 4.38. The molecule has 2 heterocycles. The number of pyridine rings is 1. The van der Waals surface area contributed by atoms with Crippen molar-refractivity contribution in [2.24, 2.45) is 0 Å². The molecule has 2 aromatic rings. The van der Waals surface area contributed by atoms with Gasteiger partial charge in [-0.05, 0) is 0 Å². The van der Waals surface area contributed by atoms with Crippen molar-refractivity contribution in [1.29, 1.82) is 0 Å². The monoisotopic (exact) mass is 135 g/mol. The molecule has 4 heteroatoms. The molecule has 10 heavy (non-hydrogen) atoms. The highest BCUT2D eigenvalue weighted by Crippen LogP contribution is 2.17. The summed E-state index contributed by atoms with van der Waals surface area (Å²) in [5.41, 5.74) is 6.76. The molecule has 0 aromatic carbocycles. The number of hydrogen-bond donors (Lipinski definition) is 1. The summed E-state index contributed by atoms with van der Waals surface area (Å²) >= 11 is 0. The van der Waals surface area contributed by atoms with E-state index in [1.807, 2.05) is 0 Å². The number of nitrogens with zero attached hydrogens (tertiary/aromatic N) is 2. The Morgan fingerprint density at radius 1 is 1.30 bits per heavy atom. The number of aromatic nitrogens is 2. The topological polar surface area (TPSA) is 64.9 Å². The molecule has 0 saturated heterocycles. The molecule has 4 nitrogen and oxygen atoms in total. The molecule has 0 amide bonds. The molecule has 0 fully saturated rings. The lowest BCUT2D eigenvalue weighted by atomic mass is 10.3. The minimum absolute atomic E-state index is 0.596. The number of fused-ring (bicyclic) bond motifs is 1. The molecule has 0 spiro atoms. The van der Waals surface area contributed by atoms with E-state index in [1.165, 1.54) is 0 Å². The summed E-state index contributed by atoms with van der Waals surface area (Å²) in [6, 6.07) is 0. The fourth-order valence-electron chi connectivity index (χ4n) is 0.813. The van der Waals surface area contributed by atoms with Gasteiger partial charge in [-0.15, -0.1) is 0 Å². The van der Waals surface area contributed by atoms with Gasteiger partial charge in [0.05, 0.1) is 29.7 Å². The minimum atomic E-state index is 0.596. The third-order valence-corrected chi connectivity index (χ3v) is 1.31. The zero-order valence-corrected chi connectivity index (χ0v) is 5.11. The number of anilines is 1. The van der Waals surface area contributed by atoms with Gasteiger partial charge in [0.1, 0.15) is 0 Å². The quantitative estimate of drug-likeness (QED) is 0.580. The molecule has 0 unspecified atom stereocenters. The molecule has 0 aliphatic heterocycles. The standard InChI is InChI=1S/C6H5N3O/c7-5-2-8-3-6-4(5)1-9-10-6/h1-3H,7H2. The maximum absolute atomic E-state index is 5.54. The van der Waals surface area contributed by atoms with Gasteiger partial charge in [0, 0.05) is 0 Å². The minimum Gasteiger partial charge on any atom is -0.397 e. The van der Waals surface area contributed by atoms with Crippen LogP contribution in [0.1, 0.15) is 0 Å². The van der Waals surface area contributed by atoms with Crippen LogP contribution in [0, 0.1) is 0 Å². The Kier molecular flexibility index (Phi) is 0.887. The number of nitrogens with two attached hydrogens (primary N) is 1. The number of rotatable bonds is 0. The molecular formula is C6H5N3O. The van der Waals surface area contributed by atoms with Crippen molar-refractivity contribution in [3.63, 3.8) is 0 Å². The van der Waals surface area contributed by atoms with E-state index in [4.69, 9.17) is 10.3 Å².